The molecule has 0 aromatic heterocycles. The molecular formula is C17H16N2O2. The van der Waals surface area contributed by atoms with Crippen LogP contribution in [0, 0.1) is 11.3 Å². The summed E-state index contributed by atoms with van der Waals surface area (Å²) in [5, 5.41) is 9.10. The minimum atomic E-state index is 0.427. The summed E-state index contributed by atoms with van der Waals surface area (Å²) in [6, 6.07) is 11.7. The Balaban J connectivity index is 2.19. The lowest BCUT2D eigenvalue weighted by atomic mass is 9.96. The standard InChI is InChI=1S/C17H16N2O2/c1-20-16-3-2-11(9-18)6-15(16)13-7-12-4-5-21-17(12)14(8-13)10-19/h2-3,6-8H,4-5,10,19H2,1H3. The van der Waals surface area contributed by atoms with Crippen LogP contribution in [-0.4, -0.2) is 13.7 Å². The maximum absolute atomic E-state index is 9.10. The highest BCUT2D eigenvalue weighted by Crippen LogP contribution is 2.38. The number of nitrogens with zero attached hydrogens (tertiary/aromatic N) is 1. The van der Waals surface area contributed by atoms with Crippen molar-refractivity contribution < 1.29 is 9.47 Å². The Bertz CT molecular complexity index is 732. The average Bonchev–Trinajstić information content (AvgIpc) is 3.01. The molecule has 0 spiro atoms. The minimum absolute atomic E-state index is 0.427. The first kappa shape index (κ1) is 13.5. The second kappa shape index (κ2) is 5.47. The maximum atomic E-state index is 9.10. The van der Waals surface area contributed by atoms with E-state index in [-0.39, 0.29) is 0 Å². The monoisotopic (exact) mass is 280 g/mol. The summed E-state index contributed by atoms with van der Waals surface area (Å²) in [7, 11) is 1.63. The van der Waals surface area contributed by atoms with Crippen LogP contribution in [-0.2, 0) is 13.0 Å². The minimum Gasteiger partial charge on any atom is -0.496 e. The molecule has 1 heterocycles. The zero-order valence-corrected chi connectivity index (χ0v) is 11.8. The van der Waals surface area contributed by atoms with Crippen molar-refractivity contribution in [2.24, 2.45) is 5.73 Å². The van der Waals surface area contributed by atoms with Gasteiger partial charge in [-0.1, -0.05) is 0 Å². The Kier molecular flexibility index (Phi) is 3.51. The lowest BCUT2D eigenvalue weighted by Gasteiger charge is -2.13. The molecule has 2 aromatic carbocycles. The van der Waals surface area contributed by atoms with Crippen molar-refractivity contribution in [2.45, 2.75) is 13.0 Å². The molecule has 0 atom stereocenters. The normalized spacial score (nSPS) is 12.4. The van der Waals surface area contributed by atoms with Crippen LogP contribution in [0.1, 0.15) is 16.7 Å². The van der Waals surface area contributed by atoms with Crippen LogP contribution >= 0.6 is 0 Å². The van der Waals surface area contributed by atoms with Crippen LogP contribution in [0.15, 0.2) is 30.3 Å². The fourth-order valence-corrected chi connectivity index (χ4v) is 2.70. The third-order valence-electron chi connectivity index (χ3n) is 3.72. The Morgan fingerprint density at radius 1 is 1.33 bits per heavy atom. The Morgan fingerprint density at radius 3 is 2.90 bits per heavy atom. The highest BCUT2D eigenvalue weighted by atomic mass is 16.5. The first-order chi connectivity index (χ1) is 10.3. The van der Waals surface area contributed by atoms with Gasteiger partial charge >= 0.3 is 0 Å². The van der Waals surface area contributed by atoms with E-state index in [1.54, 1.807) is 13.2 Å². The van der Waals surface area contributed by atoms with Crippen molar-refractivity contribution in [3.05, 3.63) is 47.0 Å². The first-order valence-corrected chi connectivity index (χ1v) is 6.84. The molecule has 2 aromatic rings. The third kappa shape index (κ3) is 2.32. The molecule has 0 unspecified atom stereocenters. The predicted molar refractivity (Wildman–Crippen MR) is 80.2 cm³/mol. The second-order valence-electron chi connectivity index (χ2n) is 4.95. The Hall–Kier alpha value is -2.51. The second-order valence-corrected chi connectivity index (χ2v) is 4.95. The van der Waals surface area contributed by atoms with Crippen molar-refractivity contribution in [3.8, 4) is 28.7 Å². The fraction of sp³-hybridized carbons (Fsp3) is 0.235. The third-order valence-corrected chi connectivity index (χ3v) is 3.72. The van der Waals surface area contributed by atoms with Crippen molar-refractivity contribution in [3.63, 3.8) is 0 Å². The number of nitrogens with two attached hydrogens (primary N) is 1. The van der Waals surface area contributed by atoms with Gasteiger partial charge in [0.05, 0.1) is 25.3 Å². The van der Waals surface area contributed by atoms with Crippen LogP contribution in [0.2, 0.25) is 0 Å². The van der Waals surface area contributed by atoms with E-state index in [0.717, 1.165) is 40.2 Å². The number of nitriles is 1. The Morgan fingerprint density at radius 2 is 2.19 bits per heavy atom. The Labute approximate surface area is 123 Å². The van der Waals surface area contributed by atoms with Gasteiger partial charge in [-0.3, -0.25) is 0 Å². The number of benzene rings is 2. The van der Waals surface area contributed by atoms with Gasteiger partial charge in [0, 0.05) is 24.1 Å². The number of hydrogen-bond acceptors (Lipinski definition) is 4. The van der Waals surface area contributed by atoms with Crippen LogP contribution in [0.5, 0.6) is 11.5 Å². The molecule has 0 fully saturated rings. The predicted octanol–water partition coefficient (Wildman–Crippen LogP) is 2.63. The quantitative estimate of drug-likeness (QED) is 0.938. The molecule has 4 heteroatoms. The van der Waals surface area contributed by atoms with Gasteiger partial charge in [0.2, 0.25) is 0 Å². The zero-order valence-electron chi connectivity index (χ0n) is 11.8. The van der Waals surface area contributed by atoms with E-state index in [1.165, 1.54) is 0 Å². The number of hydrogen-bond donors (Lipinski definition) is 1. The van der Waals surface area contributed by atoms with Gasteiger partial charge in [-0.2, -0.15) is 5.26 Å². The molecule has 0 radical (unpaired) electrons. The van der Waals surface area contributed by atoms with E-state index in [1.807, 2.05) is 18.2 Å². The number of fused-ring (bicyclic) bond motifs is 1. The smallest absolute Gasteiger partial charge is 0.127 e. The van der Waals surface area contributed by atoms with Crippen LogP contribution in [0.3, 0.4) is 0 Å². The van der Waals surface area contributed by atoms with E-state index >= 15 is 0 Å². The summed E-state index contributed by atoms with van der Waals surface area (Å²) in [6.45, 7) is 1.12. The zero-order chi connectivity index (χ0) is 14.8. The van der Waals surface area contributed by atoms with Crippen molar-refractivity contribution >= 4 is 0 Å². The lowest BCUT2D eigenvalue weighted by molar-refractivity contribution is 0.353. The summed E-state index contributed by atoms with van der Waals surface area (Å²) in [5.41, 5.74) is 10.5. The van der Waals surface area contributed by atoms with Gasteiger partial charge < -0.3 is 15.2 Å². The van der Waals surface area contributed by atoms with E-state index in [4.69, 9.17) is 20.5 Å². The van der Waals surface area contributed by atoms with Gasteiger partial charge in [-0.15, -0.1) is 0 Å². The molecule has 0 bridgehead atoms. The highest BCUT2D eigenvalue weighted by Gasteiger charge is 2.19. The van der Waals surface area contributed by atoms with Crippen molar-refractivity contribution in [1.29, 1.82) is 5.26 Å². The van der Waals surface area contributed by atoms with Gasteiger partial charge in [0.15, 0.2) is 0 Å². The molecule has 0 saturated heterocycles. The average molecular weight is 280 g/mol. The lowest BCUT2D eigenvalue weighted by Crippen LogP contribution is -2.00. The summed E-state index contributed by atoms with van der Waals surface area (Å²) in [4.78, 5) is 0. The summed E-state index contributed by atoms with van der Waals surface area (Å²) >= 11 is 0. The van der Waals surface area contributed by atoms with Crippen LogP contribution in [0.25, 0.3) is 11.1 Å². The molecule has 106 valence electrons. The topological polar surface area (TPSA) is 68.3 Å². The van der Waals surface area contributed by atoms with E-state index in [2.05, 4.69) is 12.1 Å². The van der Waals surface area contributed by atoms with E-state index in [9.17, 15) is 0 Å². The largest absolute Gasteiger partial charge is 0.496 e. The number of rotatable bonds is 3. The molecule has 1 aliphatic rings. The molecule has 2 N–H and O–H groups in total. The van der Waals surface area contributed by atoms with Gasteiger partial charge in [-0.25, -0.2) is 0 Å². The van der Waals surface area contributed by atoms with Crippen LogP contribution in [0.4, 0.5) is 0 Å². The number of ether oxygens (including phenoxy) is 2. The van der Waals surface area contributed by atoms with Crippen LogP contribution < -0.4 is 15.2 Å². The maximum Gasteiger partial charge on any atom is 0.127 e. The fourth-order valence-electron chi connectivity index (χ4n) is 2.70. The highest BCUT2D eigenvalue weighted by molar-refractivity contribution is 5.74. The van der Waals surface area contributed by atoms with Gasteiger partial charge in [0.25, 0.3) is 0 Å². The molecule has 3 rings (SSSR count). The number of methoxy groups -OCH3 is 1. The molecule has 0 saturated carbocycles. The first-order valence-electron chi connectivity index (χ1n) is 6.84. The summed E-state index contributed by atoms with van der Waals surface area (Å²) in [6.07, 6.45) is 0.885. The van der Waals surface area contributed by atoms with Gasteiger partial charge in [0.1, 0.15) is 11.5 Å². The van der Waals surface area contributed by atoms with Gasteiger partial charge in [-0.05, 0) is 41.5 Å². The van der Waals surface area contributed by atoms with E-state index in [0.29, 0.717) is 18.7 Å². The molecule has 0 aliphatic carbocycles. The molecule has 4 nitrogen and oxygen atoms in total. The summed E-state index contributed by atoms with van der Waals surface area (Å²) < 4.78 is 11.1. The molecular weight excluding hydrogens is 264 g/mol. The molecule has 0 amide bonds. The molecule has 1 aliphatic heterocycles. The van der Waals surface area contributed by atoms with Crippen molar-refractivity contribution in [2.75, 3.05) is 13.7 Å². The van der Waals surface area contributed by atoms with Crippen molar-refractivity contribution in [1.82, 2.24) is 0 Å². The summed E-state index contributed by atoms with van der Waals surface area (Å²) in [5.74, 6) is 1.66. The van der Waals surface area contributed by atoms with E-state index < -0.39 is 0 Å². The molecule has 21 heavy (non-hydrogen) atoms. The SMILES string of the molecule is COc1ccc(C#N)cc1-c1cc(CN)c2c(c1)CCO2.